The van der Waals surface area contributed by atoms with Crippen LogP contribution in [0.25, 0.3) is 0 Å². The van der Waals surface area contributed by atoms with E-state index in [9.17, 15) is 18.0 Å². The van der Waals surface area contributed by atoms with Gasteiger partial charge >= 0.3 is 0 Å². The highest BCUT2D eigenvalue weighted by atomic mass is 35.5. The van der Waals surface area contributed by atoms with Crippen LogP contribution >= 0.6 is 23.2 Å². The van der Waals surface area contributed by atoms with Crippen molar-refractivity contribution < 1.29 is 18.0 Å². The smallest absolute Gasteiger partial charge is 0.264 e. The number of hydrogen-bond donors (Lipinski definition) is 1. The minimum atomic E-state index is -4.18. The van der Waals surface area contributed by atoms with Gasteiger partial charge in [0.25, 0.3) is 10.0 Å². The van der Waals surface area contributed by atoms with Gasteiger partial charge in [-0.1, -0.05) is 65.7 Å². The van der Waals surface area contributed by atoms with E-state index in [2.05, 4.69) is 5.32 Å². The molecule has 0 radical (unpaired) electrons. The highest BCUT2D eigenvalue weighted by Gasteiger charge is 2.34. The Kier molecular flexibility index (Phi) is 9.46. The number of rotatable bonds is 9. The lowest BCUT2D eigenvalue weighted by Gasteiger charge is -2.33. The van der Waals surface area contributed by atoms with Gasteiger partial charge in [0.1, 0.15) is 12.6 Å². The van der Waals surface area contributed by atoms with E-state index in [1.165, 1.54) is 23.1 Å². The fourth-order valence-corrected chi connectivity index (χ4v) is 5.60. The van der Waals surface area contributed by atoms with Crippen molar-refractivity contribution >= 4 is 50.7 Å². The van der Waals surface area contributed by atoms with E-state index in [1.807, 2.05) is 20.8 Å². The maximum absolute atomic E-state index is 13.9. The Morgan fingerprint density at radius 3 is 2.05 bits per heavy atom. The highest BCUT2D eigenvalue weighted by molar-refractivity contribution is 7.92. The average molecular weight is 577 g/mol. The predicted octanol–water partition coefficient (Wildman–Crippen LogP) is 5.52. The Bertz CT molecular complexity index is 1380. The van der Waals surface area contributed by atoms with Crippen LogP contribution in [-0.4, -0.2) is 43.3 Å². The van der Waals surface area contributed by atoms with Crippen molar-refractivity contribution in [3.63, 3.8) is 0 Å². The molecular weight excluding hydrogens is 545 g/mol. The van der Waals surface area contributed by atoms with Crippen molar-refractivity contribution in [2.45, 2.75) is 50.7 Å². The molecule has 38 heavy (non-hydrogen) atoms. The first-order valence-corrected chi connectivity index (χ1v) is 14.2. The fraction of sp³-hybridized carbons (Fsp3) is 0.286. The molecule has 0 aliphatic rings. The van der Waals surface area contributed by atoms with Crippen LogP contribution in [0.4, 0.5) is 5.69 Å². The van der Waals surface area contributed by atoms with Crippen LogP contribution in [0, 0.1) is 0 Å². The summed E-state index contributed by atoms with van der Waals surface area (Å²) in [6.45, 7) is 6.64. The Hall–Kier alpha value is -3.07. The lowest BCUT2D eigenvalue weighted by molar-refractivity contribution is -0.140. The van der Waals surface area contributed by atoms with E-state index in [1.54, 1.807) is 67.6 Å². The van der Waals surface area contributed by atoms with Crippen LogP contribution in [0.5, 0.6) is 0 Å². The van der Waals surface area contributed by atoms with Crippen LogP contribution in [0.1, 0.15) is 33.3 Å². The van der Waals surface area contributed by atoms with Crippen molar-refractivity contribution in [1.29, 1.82) is 0 Å². The molecule has 0 spiro atoms. The van der Waals surface area contributed by atoms with Gasteiger partial charge in [-0.05, 0) is 69.7 Å². The SMILES string of the molecule is C[C@H](C(=O)NC(C)(C)C)N(Cc1ccc(Cl)cc1)C(=O)CN(c1ccccc1Cl)S(=O)(=O)c1ccccc1. The van der Waals surface area contributed by atoms with Crippen molar-refractivity contribution in [2.75, 3.05) is 10.8 Å². The van der Waals surface area contributed by atoms with Crippen LogP contribution in [0.2, 0.25) is 10.0 Å². The van der Waals surface area contributed by atoms with E-state index in [0.29, 0.717) is 5.02 Å². The van der Waals surface area contributed by atoms with Gasteiger partial charge in [-0.3, -0.25) is 13.9 Å². The molecule has 0 unspecified atom stereocenters. The Balaban J connectivity index is 2.03. The summed E-state index contributed by atoms with van der Waals surface area (Å²) in [6, 6.07) is 20.2. The molecule has 2 amide bonds. The minimum absolute atomic E-state index is 0.00972. The number of carbonyl (C=O) groups is 2. The molecule has 3 rings (SSSR count). The number of nitrogens with zero attached hydrogens (tertiary/aromatic N) is 2. The summed E-state index contributed by atoms with van der Waals surface area (Å²) in [5.74, 6) is -0.939. The van der Waals surface area contributed by atoms with E-state index in [4.69, 9.17) is 23.2 Å². The third kappa shape index (κ3) is 7.49. The zero-order valence-electron chi connectivity index (χ0n) is 21.7. The topological polar surface area (TPSA) is 86.8 Å². The van der Waals surface area contributed by atoms with Gasteiger partial charge < -0.3 is 10.2 Å². The van der Waals surface area contributed by atoms with Gasteiger partial charge in [-0.25, -0.2) is 8.42 Å². The Morgan fingerprint density at radius 1 is 0.895 bits per heavy atom. The molecule has 0 aliphatic heterocycles. The largest absolute Gasteiger partial charge is 0.350 e. The van der Waals surface area contributed by atoms with Crippen LogP contribution in [0.3, 0.4) is 0 Å². The molecule has 1 atom stereocenters. The average Bonchev–Trinajstić information content (AvgIpc) is 2.86. The van der Waals surface area contributed by atoms with Crippen molar-refractivity contribution in [1.82, 2.24) is 10.2 Å². The number of para-hydroxylation sites is 1. The van der Waals surface area contributed by atoms with Crippen molar-refractivity contribution in [2.24, 2.45) is 0 Å². The predicted molar refractivity (Wildman–Crippen MR) is 152 cm³/mol. The highest BCUT2D eigenvalue weighted by Crippen LogP contribution is 2.30. The molecule has 0 aliphatic carbocycles. The van der Waals surface area contributed by atoms with Crippen LogP contribution in [-0.2, 0) is 26.2 Å². The maximum atomic E-state index is 13.9. The summed E-state index contributed by atoms with van der Waals surface area (Å²) in [4.78, 5) is 28.3. The first-order valence-electron chi connectivity index (χ1n) is 12.0. The zero-order valence-corrected chi connectivity index (χ0v) is 24.0. The van der Waals surface area contributed by atoms with E-state index >= 15 is 0 Å². The summed E-state index contributed by atoms with van der Waals surface area (Å²) in [7, 11) is -4.18. The van der Waals surface area contributed by atoms with Gasteiger partial charge in [0, 0.05) is 17.1 Å². The molecule has 0 saturated heterocycles. The van der Waals surface area contributed by atoms with Crippen molar-refractivity contribution in [3.05, 3.63) is 94.5 Å². The normalized spacial score (nSPS) is 12.5. The summed E-state index contributed by atoms with van der Waals surface area (Å²) in [5.41, 5.74) is 0.360. The Labute approximate surface area is 234 Å². The summed E-state index contributed by atoms with van der Waals surface area (Å²) < 4.78 is 28.4. The van der Waals surface area contributed by atoms with Gasteiger partial charge in [-0.2, -0.15) is 0 Å². The zero-order chi connectivity index (χ0) is 28.1. The number of halogens is 2. The van der Waals surface area contributed by atoms with Gasteiger partial charge in [0.05, 0.1) is 15.6 Å². The van der Waals surface area contributed by atoms with Crippen LogP contribution < -0.4 is 9.62 Å². The molecule has 3 aromatic carbocycles. The number of carbonyl (C=O) groups excluding carboxylic acids is 2. The van der Waals surface area contributed by atoms with Gasteiger partial charge in [-0.15, -0.1) is 0 Å². The number of amides is 2. The summed E-state index contributed by atoms with van der Waals surface area (Å²) in [5, 5.41) is 3.59. The van der Waals surface area contributed by atoms with E-state index < -0.39 is 34.1 Å². The standard InChI is InChI=1S/C28H31Cl2N3O4S/c1-20(27(35)31-28(2,3)4)32(18-21-14-16-22(29)17-15-21)26(34)19-33(25-13-9-8-12-24(25)30)38(36,37)23-10-6-5-7-11-23/h5-17,20H,18-19H2,1-4H3,(H,31,35)/t20-/m1/s1. The first-order chi connectivity index (χ1) is 17.8. The number of anilines is 1. The number of benzene rings is 3. The van der Waals surface area contributed by atoms with Crippen molar-refractivity contribution in [3.8, 4) is 0 Å². The molecule has 7 nitrogen and oxygen atoms in total. The number of sulfonamides is 1. The second kappa shape index (κ2) is 12.2. The first kappa shape index (κ1) is 29.5. The molecule has 10 heteroatoms. The van der Waals surface area contributed by atoms with E-state index in [0.717, 1.165) is 9.87 Å². The maximum Gasteiger partial charge on any atom is 0.264 e. The molecule has 1 N–H and O–H groups in total. The second-order valence-electron chi connectivity index (χ2n) is 9.84. The van der Waals surface area contributed by atoms with Gasteiger partial charge in [0.15, 0.2) is 0 Å². The number of nitrogens with one attached hydrogen (secondary N) is 1. The Morgan fingerprint density at radius 2 is 1.47 bits per heavy atom. The molecule has 0 aromatic heterocycles. The molecule has 0 fully saturated rings. The third-order valence-corrected chi connectivity index (χ3v) is 8.01. The third-order valence-electron chi connectivity index (χ3n) is 5.66. The van der Waals surface area contributed by atoms with Gasteiger partial charge in [0.2, 0.25) is 11.8 Å². The quantitative estimate of drug-likeness (QED) is 0.364. The lowest BCUT2D eigenvalue weighted by Crippen LogP contribution is -2.54. The minimum Gasteiger partial charge on any atom is -0.350 e. The monoisotopic (exact) mass is 575 g/mol. The number of hydrogen-bond acceptors (Lipinski definition) is 4. The molecule has 0 heterocycles. The molecule has 0 saturated carbocycles. The molecule has 202 valence electrons. The molecular formula is C28H31Cl2N3O4S. The second-order valence-corrected chi connectivity index (χ2v) is 12.5. The van der Waals surface area contributed by atoms with Crippen LogP contribution in [0.15, 0.2) is 83.8 Å². The fourth-order valence-electron chi connectivity index (χ4n) is 3.73. The summed E-state index contributed by atoms with van der Waals surface area (Å²) in [6.07, 6.45) is 0. The summed E-state index contributed by atoms with van der Waals surface area (Å²) >= 11 is 12.4. The lowest BCUT2D eigenvalue weighted by atomic mass is 10.1. The molecule has 3 aromatic rings. The van der Waals surface area contributed by atoms with E-state index in [-0.39, 0.29) is 28.1 Å². The molecule has 0 bridgehead atoms.